The van der Waals surface area contributed by atoms with Crippen molar-refractivity contribution in [2.75, 3.05) is 0 Å². The van der Waals surface area contributed by atoms with Gasteiger partial charge in [0.05, 0.1) is 5.69 Å². The molecule has 1 aliphatic rings. The molecule has 1 heterocycles. The molecule has 0 fully saturated rings. The molecule has 3 nitrogen and oxygen atoms in total. The maximum Gasteiger partial charge on any atom is 0.256 e. The maximum absolute atomic E-state index is 13.1. The highest BCUT2D eigenvalue weighted by Gasteiger charge is 2.41. The number of amides is 1. The highest BCUT2D eigenvalue weighted by Crippen LogP contribution is 2.37. The molecule has 2 aromatic rings. The summed E-state index contributed by atoms with van der Waals surface area (Å²) in [5, 5.41) is 0. The van der Waals surface area contributed by atoms with Crippen LogP contribution in [0.15, 0.2) is 59.1 Å². The van der Waals surface area contributed by atoms with E-state index in [9.17, 15) is 4.79 Å². The van der Waals surface area contributed by atoms with E-state index in [2.05, 4.69) is 26.0 Å². The van der Waals surface area contributed by atoms with Crippen LogP contribution < -0.4 is 0 Å². The predicted octanol–water partition coefficient (Wildman–Crippen LogP) is 5.45. The Morgan fingerprint density at radius 2 is 1.42 bits per heavy atom. The van der Waals surface area contributed by atoms with Gasteiger partial charge in [-0.3, -0.25) is 9.69 Å². The van der Waals surface area contributed by atoms with E-state index in [-0.39, 0.29) is 11.4 Å². The Morgan fingerprint density at radius 1 is 0.846 bits per heavy atom. The molecule has 0 N–H and O–H groups in total. The van der Waals surface area contributed by atoms with Gasteiger partial charge in [-0.15, -0.1) is 0 Å². The van der Waals surface area contributed by atoms with Gasteiger partial charge >= 0.3 is 0 Å². The van der Waals surface area contributed by atoms with Crippen molar-refractivity contribution < 1.29 is 4.79 Å². The summed E-state index contributed by atoms with van der Waals surface area (Å²) in [6, 6.07) is 16.2. The molecule has 1 aliphatic heterocycles. The Morgan fingerprint density at radius 3 is 1.96 bits per heavy atom. The molecule has 0 saturated carbocycles. The quantitative estimate of drug-likeness (QED) is 0.712. The van der Waals surface area contributed by atoms with Crippen LogP contribution in [0.2, 0.25) is 0 Å². The van der Waals surface area contributed by atoms with E-state index in [1.807, 2.05) is 69.0 Å². The fourth-order valence-corrected chi connectivity index (χ4v) is 3.42. The monoisotopic (exact) mass is 346 g/mol. The first kappa shape index (κ1) is 18.1. The molecule has 0 aromatic heterocycles. The zero-order valence-corrected chi connectivity index (χ0v) is 16.4. The number of amidine groups is 1. The van der Waals surface area contributed by atoms with Gasteiger partial charge in [0.25, 0.3) is 5.91 Å². The summed E-state index contributed by atoms with van der Waals surface area (Å²) in [7, 11) is 0. The van der Waals surface area contributed by atoms with Crippen molar-refractivity contribution in [3.63, 3.8) is 0 Å². The minimum Gasteiger partial charge on any atom is -0.287 e. The number of para-hydroxylation sites is 1. The van der Waals surface area contributed by atoms with Crippen molar-refractivity contribution in [1.82, 2.24) is 4.90 Å². The summed E-state index contributed by atoms with van der Waals surface area (Å²) in [6.07, 6.45) is 0. The number of carbonyl (C=O) groups excluding carboxylic acids is 1. The van der Waals surface area contributed by atoms with E-state index in [4.69, 9.17) is 4.99 Å². The number of aryl methyl sites for hydroxylation is 2. The molecule has 1 amide bonds. The molecule has 0 radical (unpaired) electrons. The molecule has 2 aromatic carbocycles. The summed E-state index contributed by atoms with van der Waals surface area (Å²) in [4.78, 5) is 20.0. The van der Waals surface area contributed by atoms with E-state index in [0.717, 1.165) is 39.4 Å². The van der Waals surface area contributed by atoms with Crippen LogP contribution in [0.1, 0.15) is 44.4 Å². The van der Waals surface area contributed by atoms with Gasteiger partial charge in [-0.05, 0) is 58.2 Å². The van der Waals surface area contributed by atoms with Gasteiger partial charge in [0.15, 0.2) is 0 Å². The Balaban J connectivity index is 2.28. The van der Waals surface area contributed by atoms with E-state index in [0.29, 0.717) is 0 Å². The summed E-state index contributed by atoms with van der Waals surface area (Å²) in [6.45, 7) is 12.2. The molecule has 3 heteroatoms. The molecular weight excluding hydrogens is 320 g/mol. The number of nitrogens with zero attached hydrogens (tertiary/aromatic N) is 2. The summed E-state index contributed by atoms with van der Waals surface area (Å²) >= 11 is 0. The zero-order valence-electron chi connectivity index (χ0n) is 16.4. The molecule has 0 bridgehead atoms. The summed E-state index contributed by atoms with van der Waals surface area (Å²) in [5.74, 6) is 0.768. The standard InChI is InChI=1S/C23H26N2O/c1-15-11-10-12-16(2)20(15)24-21-19(18-13-8-7-9-14-18)17(3)22(26)25(21)23(4,5)6/h7-14H,1-6H3. The number of hydrogen-bond donors (Lipinski definition) is 0. The van der Waals surface area contributed by atoms with Gasteiger partial charge in [0.2, 0.25) is 0 Å². The fourth-order valence-electron chi connectivity index (χ4n) is 3.42. The third-order valence-electron chi connectivity index (χ3n) is 4.72. The molecule has 0 aliphatic carbocycles. The number of benzene rings is 2. The van der Waals surface area contributed by atoms with E-state index >= 15 is 0 Å². The van der Waals surface area contributed by atoms with Crippen molar-refractivity contribution >= 4 is 23.0 Å². The third kappa shape index (κ3) is 3.10. The van der Waals surface area contributed by atoms with Crippen LogP contribution in [0.5, 0.6) is 0 Å². The minimum absolute atomic E-state index is 0.0290. The topological polar surface area (TPSA) is 32.7 Å². The molecule has 26 heavy (non-hydrogen) atoms. The van der Waals surface area contributed by atoms with Crippen molar-refractivity contribution in [3.8, 4) is 0 Å². The lowest BCUT2D eigenvalue weighted by atomic mass is 10.0. The zero-order chi connectivity index (χ0) is 19.1. The smallest absolute Gasteiger partial charge is 0.256 e. The number of carbonyl (C=O) groups is 1. The van der Waals surface area contributed by atoms with Crippen molar-refractivity contribution in [3.05, 3.63) is 70.8 Å². The van der Waals surface area contributed by atoms with Crippen LogP contribution in [0.3, 0.4) is 0 Å². The lowest BCUT2D eigenvalue weighted by molar-refractivity contribution is -0.125. The molecular formula is C23H26N2O. The maximum atomic E-state index is 13.1. The Labute approximate surface area is 156 Å². The highest BCUT2D eigenvalue weighted by molar-refractivity contribution is 6.38. The van der Waals surface area contributed by atoms with E-state index < -0.39 is 0 Å². The van der Waals surface area contributed by atoms with Crippen LogP contribution in [0, 0.1) is 13.8 Å². The lowest BCUT2D eigenvalue weighted by Crippen LogP contribution is -2.46. The van der Waals surface area contributed by atoms with Crippen molar-refractivity contribution in [1.29, 1.82) is 0 Å². The van der Waals surface area contributed by atoms with Gasteiger partial charge in [-0.1, -0.05) is 48.5 Å². The first-order valence-corrected chi connectivity index (χ1v) is 8.98. The summed E-state index contributed by atoms with van der Waals surface area (Å²) < 4.78 is 0. The van der Waals surface area contributed by atoms with Crippen LogP contribution in [-0.2, 0) is 4.79 Å². The van der Waals surface area contributed by atoms with Gasteiger partial charge in [-0.2, -0.15) is 0 Å². The number of aliphatic imine (C=N–C) groups is 1. The second kappa shape index (κ2) is 6.56. The second-order valence-electron chi connectivity index (χ2n) is 7.85. The van der Waals surface area contributed by atoms with Crippen LogP contribution in [0.25, 0.3) is 5.57 Å². The van der Waals surface area contributed by atoms with Gasteiger partial charge in [0, 0.05) is 16.7 Å². The number of hydrogen-bond acceptors (Lipinski definition) is 2. The largest absolute Gasteiger partial charge is 0.287 e. The SMILES string of the molecule is CC1=C(c2ccccc2)C(=Nc2c(C)cccc2C)N(C(C)(C)C)C1=O. The first-order valence-electron chi connectivity index (χ1n) is 8.98. The Bertz CT molecular complexity index is 895. The Hall–Kier alpha value is -2.68. The van der Waals surface area contributed by atoms with Crippen molar-refractivity contribution in [2.45, 2.75) is 47.1 Å². The van der Waals surface area contributed by atoms with Crippen LogP contribution in [0.4, 0.5) is 5.69 Å². The molecule has 0 unspecified atom stereocenters. The van der Waals surface area contributed by atoms with Crippen molar-refractivity contribution in [2.24, 2.45) is 4.99 Å². The molecule has 0 spiro atoms. The van der Waals surface area contributed by atoms with Gasteiger partial charge < -0.3 is 0 Å². The average Bonchev–Trinajstić information content (AvgIpc) is 2.82. The second-order valence-corrected chi connectivity index (χ2v) is 7.85. The predicted molar refractivity (Wildman–Crippen MR) is 109 cm³/mol. The molecule has 0 saturated heterocycles. The van der Waals surface area contributed by atoms with Gasteiger partial charge in [-0.25, -0.2) is 4.99 Å². The molecule has 0 atom stereocenters. The third-order valence-corrected chi connectivity index (χ3v) is 4.72. The average molecular weight is 346 g/mol. The normalized spacial score (nSPS) is 16.8. The summed E-state index contributed by atoms with van der Waals surface area (Å²) in [5.41, 5.74) is 5.49. The first-order chi connectivity index (χ1) is 12.2. The lowest BCUT2D eigenvalue weighted by Gasteiger charge is -2.33. The highest BCUT2D eigenvalue weighted by atomic mass is 16.2. The van der Waals surface area contributed by atoms with E-state index in [1.54, 1.807) is 0 Å². The minimum atomic E-state index is -0.357. The molecule has 3 rings (SSSR count). The number of rotatable bonds is 2. The molecule has 134 valence electrons. The Kier molecular flexibility index (Phi) is 4.57. The van der Waals surface area contributed by atoms with Crippen LogP contribution >= 0.6 is 0 Å². The van der Waals surface area contributed by atoms with Crippen LogP contribution in [-0.4, -0.2) is 22.2 Å². The van der Waals surface area contributed by atoms with Gasteiger partial charge in [0.1, 0.15) is 5.84 Å². The van der Waals surface area contributed by atoms with E-state index in [1.165, 1.54) is 0 Å². The fraction of sp³-hybridized carbons (Fsp3) is 0.304.